The average Bonchev–Trinajstić information content (AvgIpc) is 3.23. The van der Waals surface area contributed by atoms with Crippen LogP contribution in [0.2, 0.25) is 0 Å². The van der Waals surface area contributed by atoms with Crippen molar-refractivity contribution in [2.45, 2.75) is 19.8 Å². The number of fused-ring (bicyclic) bond motifs is 2. The number of aryl methyl sites for hydroxylation is 2. The van der Waals surface area contributed by atoms with E-state index in [1.807, 2.05) is 28.4 Å². The van der Waals surface area contributed by atoms with Crippen molar-refractivity contribution < 1.29 is 0 Å². The van der Waals surface area contributed by atoms with E-state index in [4.69, 9.17) is 0 Å². The van der Waals surface area contributed by atoms with Gasteiger partial charge < -0.3 is 14.4 Å². The van der Waals surface area contributed by atoms with E-state index < -0.39 is 0 Å². The van der Waals surface area contributed by atoms with Crippen LogP contribution in [0.4, 0.5) is 11.6 Å². The fourth-order valence-electron chi connectivity index (χ4n) is 3.83. The second-order valence-electron chi connectivity index (χ2n) is 6.97. The Balaban J connectivity index is 1.44. The van der Waals surface area contributed by atoms with Crippen molar-refractivity contribution in [2.24, 2.45) is 7.05 Å². The number of hydrogen-bond donors (Lipinski definition) is 0. The van der Waals surface area contributed by atoms with Gasteiger partial charge in [0.05, 0.1) is 6.33 Å². The molecule has 1 fully saturated rings. The molecule has 10 nitrogen and oxygen atoms in total. The quantitative estimate of drug-likeness (QED) is 0.523. The molecule has 1 saturated heterocycles. The van der Waals surface area contributed by atoms with Crippen molar-refractivity contribution in [3.63, 3.8) is 0 Å². The zero-order chi connectivity index (χ0) is 19.1. The lowest BCUT2D eigenvalue weighted by atomic mass is 10.3. The lowest BCUT2D eigenvalue weighted by Gasteiger charge is -2.23. The third kappa shape index (κ3) is 2.63. The highest BCUT2D eigenvalue weighted by molar-refractivity contribution is 5.83. The molecular weight excluding hydrogens is 356 g/mol. The lowest BCUT2D eigenvalue weighted by molar-refractivity contribution is 0.793. The van der Waals surface area contributed by atoms with Crippen LogP contribution in [0.25, 0.3) is 16.8 Å². The van der Waals surface area contributed by atoms with E-state index in [9.17, 15) is 0 Å². The van der Waals surface area contributed by atoms with E-state index in [-0.39, 0.29) is 0 Å². The fourth-order valence-corrected chi connectivity index (χ4v) is 3.83. The predicted molar refractivity (Wildman–Crippen MR) is 106 cm³/mol. The Morgan fingerprint density at radius 3 is 2.54 bits per heavy atom. The Bertz CT molecular complexity index is 1130. The molecule has 0 unspecified atom stereocenters. The first-order valence-corrected chi connectivity index (χ1v) is 9.56. The summed E-state index contributed by atoms with van der Waals surface area (Å²) in [7, 11) is 1.95. The number of anilines is 2. The lowest BCUT2D eigenvalue weighted by Crippen LogP contribution is -2.32. The predicted octanol–water partition coefficient (Wildman–Crippen LogP) is 1.08. The van der Waals surface area contributed by atoms with Gasteiger partial charge in [-0.05, 0) is 6.42 Å². The molecule has 0 N–H and O–H groups in total. The van der Waals surface area contributed by atoms with Crippen molar-refractivity contribution in [1.82, 2.24) is 39.1 Å². The number of imidazole rings is 1. The minimum atomic E-state index is 0.821. The number of nitrogens with zero attached hydrogens (tertiary/aromatic N) is 10. The van der Waals surface area contributed by atoms with Gasteiger partial charge in [-0.2, -0.15) is 0 Å². The summed E-state index contributed by atoms with van der Waals surface area (Å²) >= 11 is 0. The molecule has 4 aromatic heterocycles. The monoisotopic (exact) mass is 378 g/mol. The maximum atomic E-state index is 4.61. The van der Waals surface area contributed by atoms with E-state index >= 15 is 0 Å². The molecule has 0 aliphatic carbocycles. The Morgan fingerprint density at radius 2 is 1.71 bits per heavy atom. The zero-order valence-corrected chi connectivity index (χ0v) is 16.0. The van der Waals surface area contributed by atoms with E-state index in [0.29, 0.717) is 0 Å². The van der Waals surface area contributed by atoms with Crippen LogP contribution in [0.3, 0.4) is 0 Å². The molecule has 0 radical (unpaired) electrons. The van der Waals surface area contributed by atoms with E-state index in [1.54, 1.807) is 12.7 Å². The maximum Gasteiger partial charge on any atom is 0.203 e. The van der Waals surface area contributed by atoms with Gasteiger partial charge in [-0.3, -0.25) is 4.40 Å². The van der Waals surface area contributed by atoms with E-state index in [1.165, 1.54) is 0 Å². The topological polar surface area (TPSA) is 93.2 Å². The minimum absolute atomic E-state index is 0.821. The summed E-state index contributed by atoms with van der Waals surface area (Å²) in [5.41, 5.74) is 2.53. The summed E-state index contributed by atoms with van der Waals surface area (Å²) < 4.78 is 3.96. The summed E-state index contributed by atoms with van der Waals surface area (Å²) in [4.78, 5) is 22.6. The molecule has 0 saturated carbocycles. The van der Waals surface area contributed by atoms with Crippen LogP contribution in [-0.2, 0) is 13.5 Å². The molecule has 1 aliphatic rings. The normalized spacial score (nSPS) is 15.5. The summed E-state index contributed by atoms with van der Waals surface area (Å²) in [5.74, 6) is 2.74. The highest BCUT2D eigenvalue weighted by atomic mass is 15.3. The summed E-state index contributed by atoms with van der Waals surface area (Å²) in [5, 5.41) is 8.68. The van der Waals surface area contributed by atoms with Crippen molar-refractivity contribution in [2.75, 3.05) is 36.0 Å². The van der Waals surface area contributed by atoms with Crippen molar-refractivity contribution in [3.05, 3.63) is 30.9 Å². The Kier molecular flexibility index (Phi) is 4.03. The van der Waals surface area contributed by atoms with Gasteiger partial charge in [0, 0.05) is 52.0 Å². The molecule has 0 aromatic carbocycles. The molecule has 1 aliphatic heterocycles. The molecule has 0 spiro atoms. The van der Waals surface area contributed by atoms with Crippen LogP contribution >= 0.6 is 0 Å². The molecule has 28 heavy (non-hydrogen) atoms. The Labute approximate surface area is 161 Å². The van der Waals surface area contributed by atoms with Crippen LogP contribution in [0.15, 0.2) is 25.0 Å². The van der Waals surface area contributed by atoms with Crippen molar-refractivity contribution in [3.8, 4) is 0 Å². The van der Waals surface area contributed by atoms with Crippen LogP contribution in [0.1, 0.15) is 19.2 Å². The summed E-state index contributed by atoms with van der Waals surface area (Å²) in [6.45, 7) is 5.57. The number of aromatic nitrogens is 8. The van der Waals surface area contributed by atoms with Gasteiger partial charge in [-0.15, -0.1) is 10.2 Å². The highest BCUT2D eigenvalue weighted by Gasteiger charge is 2.22. The first-order valence-electron chi connectivity index (χ1n) is 9.56. The van der Waals surface area contributed by atoms with Gasteiger partial charge in [0.1, 0.15) is 12.2 Å². The third-order valence-electron chi connectivity index (χ3n) is 5.27. The van der Waals surface area contributed by atoms with Gasteiger partial charge in [0.15, 0.2) is 22.8 Å². The van der Waals surface area contributed by atoms with Crippen LogP contribution in [0.5, 0.6) is 0 Å². The number of rotatable bonds is 3. The van der Waals surface area contributed by atoms with Gasteiger partial charge in [0.25, 0.3) is 0 Å². The van der Waals surface area contributed by atoms with Gasteiger partial charge in [0.2, 0.25) is 5.65 Å². The Morgan fingerprint density at radius 1 is 0.893 bits per heavy atom. The third-order valence-corrected chi connectivity index (χ3v) is 5.27. The number of hydrogen-bond acceptors (Lipinski definition) is 8. The SMILES string of the molecule is CCc1nnc2c(N3CCCN(c4ncnc5c4ncn5C)CC3)nccn12. The Hall–Kier alpha value is -3.30. The first-order chi connectivity index (χ1) is 13.8. The summed E-state index contributed by atoms with van der Waals surface area (Å²) in [6, 6.07) is 0. The molecule has 0 bridgehead atoms. The zero-order valence-electron chi connectivity index (χ0n) is 16.0. The minimum Gasteiger partial charge on any atom is -0.353 e. The second-order valence-corrected chi connectivity index (χ2v) is 6.97. The fraction of sp³-hybridized carbons (Fsp3) is 0.444. The molecule has 5 heterocycles. The molecule has 4 aromatic rings. The van der Waals surface area contributed by atoms with Gasteiger partial charge >= 0.3 is 0 Å². The van der Waals surface area contributed by atoms with Crippen LogP contribution < -0.4 is 9.80 Å². The molecule has 5 rings (SSSR count). The largest absolute Gasteiger partial charge is 0.353 e. The second kappa shape index (κ2) is 6.70. The molecule has 0 atom stereocenters. The summed E-state index contributed by atoms with van der Waals surface area (Å²) in [6.07, 6.45) is 9.00. The van der Waals surface area contributed by atoms with Crippen molar-refractivity contribution in [1.29, 1.82) is 0 Å². The molecule has 10 heteroatoms. The molecule has 0 amide bonds. The maximum absolute atomic E-state index is 4.61. The highest BCUT2D eigenvalue weighted by Crippen LogP contribution is 2.24. The average molecular weight is 378 g/mol. The van der Waals surface area contributed by atoms with Gasteiger partial charge in [-0.1, -0.05) is 6.92 Å². The van der Waals surface area contributed by atoms with E-state index in [0.717, 1.165) is 73.3 Å². The molecular formula is C18H22N10. The first kappa shape index (κ1) is 16.8. The smallest absolute Gasteiger partial charge is 0.203 e. The van der Waals surface area contributed by atoms with E-state index in [2.05, 4.69) is 46.9 Å². The molecule has 144 valence electrons. The van der Waals surface area contributed by atoms with Crippen molar-refractivity contribution >= 4 is 28.4 Å². The van der Waals surface area contributed by atoms with Crippen LogP contribution in [0, 0.1) is 0 Å². The standard InChI is InChI=1S/C18H22N10/c1-3-13-23-24-18-17(19-5-8-28(13)18)27-7-4-6-26(9-10-27)16-14-15(20-11-21-16)25(2)12-22-14/h5,8,11-12H,3-4,6-7,9-10H2,1-2H3. The van der Waals surface area contributed by atoms with Crippen LogP contribution in [-0.4, -0.2) is 65.3 Å². The van der Waals surface area contributed by atoms with Gasteiger partial charge in [-0.25, -0.2) is 19.9 Å².